The van der Waals surface area contributed by atoms with Gasteiger partial charge in [-0.25, -0.2) is 9.78 Å². The third-order valence-corrected chi connectivity index (χ3v) is 7.23. The maximum absolute atomic E-state index is 12.5. The molecule has 0 saturated carbocycles. The van der Waals surface area contributed by atoms with Gasteiger partial charge in [-0.05, 0) is 57.9 Å². The van der Waals surface area contributed by atoms with E-state index in [1.165, 1.54) is 29.8 Å². The van der Waals surface area contributed by atoms with Gasteiger partial charge in [-0.3, -0.25) is 25.5 Å². The predicted octanol–water partition coefficient (Wildman–Crippen LogP) is 3.03. The van der Waals surface area contributed by atoms with E-state index in [2.05, 4.69) is 37.4 Å². The number of likely N-dealkylation sites (tertiary alicyclic amines) is 1. The van der Waals surface area contributed by atoms with Gasteiger partial charge in [-0.1, -0.05) is 11.6 Å². The van der Waals surface area contributed by atoms with Crippen molar-refractivity contribution in [1.29, 1.82) is 0 Å². The highest BCUT2D eigenvalue weighted by Gasteiger charge is 2.26. The zero-order valence-corrected chi connectivity index (χ0v) is 20.2. The first-order valence-electron chi connectivity index (χ1n) is 11.8. The highest BCUT2D eigenvalue weighted by atomic mass is 32.1. The Morgan fingerprint density at radius 2 is 1.91 bits per heavy atom. The number of carbonyl (C=O) groups excluding carboxylic acids is 3. The number of piperidine rings is 1. The van der Waals surface area contributed by atoms with Crippen molar-refractivity contribution in [1.82, 2.24) is 36.2 Å². The fourth-order valence-electron chi connectivity index (χ4n) is 4.26. The lowest BCUT2D eigenvalue weighted by atomic mass is 9.97. The first-order valence-corrected chi connectivity index (χ1v) is 12.7. The fourth-order valence-corrected chi connectivity index (χ4v) is 5.23. The van der Waals surface area contributed by atoms with Crippen molar-refractivity contribution in [2.75, 3.05) is 19.6 Å². The molecule has 0 bridgehead atoms. The molecule has 4 amide bonds. The summed E-state index contributed by atoms with van der Waals surface area (Å²) >= 11 is 1.43. The van der Waals surface area contributed by atoms with Gasteiger partial charge in [0.15, 0.2) is 5.69 Å². The lowest BCUT2D eigenvalue weighted by molar-refractivity contribution is 0.0841. The number of nitrogens with one attached hydrogen (secondary N) is 4. The predicted molar refractivity (Wildman–Crippen MR) is 128 cm³/mol. The van der Waals surface area contributed by atoms with Gasteiger partial charge in [0, 0.05) is 36.6 Å². The Balaban J connectivity index is 1.19. The van der Waals surface area contributed by atoms with E-state index in [0.717, 1.165) is 42.8 Å². The number of amides is 4. The largest absolute Gasteiger partial charge is 0.338 e. The topological polar surface area (TPSA) is 132 Å². The molecule has 34 heavy (non-hydrogen) atoms. The molecule has 0 unspecified atom stereocenters. The molecule has 2 aromatic heterocycles. The molecule has 0 atom stereocenters. The number of rotatable bonds is 6. The van der Waals surface area contributed by atoms with Crippen molar-refractivity contribution < 1.29 is 14.4 Å². The van der Waals surface area contributed by atoms with E-state index in [4.69, 9.17) is 0 Å². The summed E-state index contributed by atoms with van der Waals surface area (Å²) in [5, 5.41) is 12.1. The van der Waals surface area contributed by atoms with Crippen LogP contribution in [0.4, 0.5) is 4.79 Å². The number of nitrogens with zero attached hydrogens (tertiary/aromatic N) is 3. The van der Waals surface area contributed by atoms with E-state index in [9.17, 15) is 14.4 Å². The second-order valence-electron chi connectivity index (χ2n) is 8.77. The first-order chi connectivity index (χ1) is 16.5. The molecule has 0 radical (unpaired) electrons. The number of allylic oxidation sites excluding steroid dienone is 1. The minimum atomic E-state index is -0.505. The van der Waals surface area contributed by atoms with Crippen LogP contribution in [0.3, 0.4) is 0 Å². The summed E-state index contributed by atoms with van der Waals surface area (Å²) in [6, 6.07) is 1.58. The normalized spacial score (nSPS) is 16.6. The van der Waals surface area contributed by atoms with Crippen LogP contribution in [-0.4, -0.2) is 57.6 Å². The molecule has 10 nitrogen and oxygen atoms in total. The van der Waals surface area contributed by atoms with Crippen molar-refractivity contribution in [2.24, 2.45) is 0 Å². The van der Waals surface area contributed by atoms with Crippen molar-refractivity contribution in [2.45, 2.75) is 57.8 Å². The quantitative estimate of drug-likeness (QED) is 0.369. The van der Waals surface area contributed by atoms with Gasteiger partial charge in [0.05, 0.1) is 5.01 Å². The van der Waals surface area contributed by atoms with Crippen LogP contribution < -0.4 is 16.2 Å². The van der Waals surface area contributed by atoms with Gasteiger partial charge in [0.2, 0.25) is 0 Å². The summed E-state index contributed by atoms with van der Waals surface area (Å²) < 4.78 is 0. The summed E-state index contributed by atoms with van der Waals surface area (Å²) in [7, 11) is 0. The van der Waals surface area contributed by atoms with E-state index in [1.54, 1.807) is 18.4 Å². The van der Waals surface area contributed by atoms with Gasteiger partial charge < -0.3 is 10.2 Å². The maximum Gasteiger partial charge on any atom is 0.317 e. The summed E-state index contributed by atoms with van der Waals surface area (Å²) in [5.74, 6) is -0.771. The number of H-pyrrole nitrogens is 1. The summed E-state index contributed by atoms with van der Waals surface area (Å²) in [5.41, 5.74) is 7.39. The van der Waals surface area contributed by atoms with Crippen LogP contribution in [0.25, 0.3) is 0 Å². The smallest absolute Gasteiger partial charge is 0.317 e. The monoisotopic (exact) mass is 485 g/mol. The third kappa shape index (κ3) is 6.22. The summed E-state index contributed by atoms with van der Waals surface area (Å²) in [4.78, 5) is 43.2. The molecule has 182 valence electrons. The Labute approximate surface area is 202 Å². The number of aromatic nitrogens is 3. The van der Waals surface area contributed by atoms with Gasteiger partial charge in [0.25, 0.3) is 11.8 Å². The number of hydrazine groups is 1. The van der Waals surface area contributed by atoms with Crippen LogP contribution in [0, 0.1) is 6.92 Å². The molecule has 2 aromatic rings. The van der Waals surface area contributed by atoms with Crippen LogP contribution >= 0.6 is 11.3 Å². The zero-order chi connectivity index (χ0) is 23.9. The minimum Gasteiger partial charge on any atom is -0.338 e. The van der Waals surface area contributed by atoms with Crippen molar-refractivity contribution in [3.05, 3.63) is 45.2 Å². The SMILES string of the molecule is Cc1cc(C(=O)NNC(=O)c2csc(C3CCN(C(=O)NCCC4=CCCCC4)CC3)n2)n[nH]1. The zero-order valence-electron chi connectivity index (χ0n) is 19.4. The molecule has 4 N–H and O–H groups in total. The molecular formula is C23H31N7O3S. The Bertz CT molecular complexity index is 1050. The summed E-state index contributed by atoms with van der Waals surface area (Å²) in [6.07, 6.45) is 9.73. The van der Waals surface area contributed by atoms with Gasteiger partial charge in [-0.2, -0.15) is 5.10 Å². The first kappa shape index (κ1) is 23.9. The van der Waals surface area contributed by atoms with Crippen molar-refractivity contribution in [3.63, 3.8) is 0 Å². The van der Waals surface area contributed by atoms with Gasteiger partial charge in [-0.15, -0.1) is 11.3 Å². The second-order valence-corrected chi connectivity index (χ2v) is 9.66. The number of aromatic amines is 1. The van der Waals surface area contributed by atoms with Gasteiger partial charge >= 0.3 is 6.03 Å². The van der Waals surface area contributed by atoms with E-state index in [1.807, 2.05) is 4.90 Å². The number of urea groups is 1. The molecule has 0 spiro atoms. The van der Waals surface area contributed by atoms with E-state index in [0.29, 0.717) is 19.6 Å². The molecule has 4 rings (SSSR count). The molecule has 3 heterocycles. The van der Waals surface area contributed by atoms with Crippen molar-refractivity contribution >= 4 is 29.2 Å². The lowest BCUT2D eigenvalue weighted by Gasteiger charge is -2.31. The number of thiazole rings is 1. The Morgan fingerprint density at radius 1 is 1.15 bits per heavy atom. The Morgan fingerprint density at radius 3 is 2.59 bits per heavy atom. The molecule has 1 aliphatic heterocycles. The van der Waals surface area contributed by atoms with Crippen LogP contribution in [-0.2, 0) is 0 Å². The van der Waals surface area contributed by atoms with Crippen LogP contribution in [0.5, 0.6) is 0 Å². The molecule has 1 saturated heterocycles. The van der Waals surface area contributed by atoms with Gasteiger partial charge in [0.1, 0.15) is 5.69 Å². The molecule has 1 aliphatic carbocycles. The molecule has 1 fully saturated rings. The number of carbonyl (C=O) groups is 3. The standard InChI is InChI=1S/C23H31N7O3S/c1-15-13-18(27-26-15)20(31)28-29-21(32)19-14-34-22(25-19)17-8-11-30(12-9-17)23(33)24-10-7-16-5-3-2-4-6-16/h5,13-14,17H,2-4,6-12H2,1H3,(H,24,33)(H,26,27)(H,28,31)(H,29,32). The highest BCUT2D eigenvalue weighted by molar-refractivity contribution is 7.09. The minimum absolute atomic E-state index is 0.00286. The second kappa shape index (κ2) is 11.3. The average molecular weight is 486 g/mol. The number of hydrogen-bond acceptors (Lipinski definition) is 6. The van der Waals surface area contributed by atoms with Crippen LogP contribution in [0.15, 0.2) is 23.1 Å². The Hall–Kier alpha value is -3.21. The fraction of sp³-hybridized carbons (Fsp3) is 0.522. The lowest BCUT2D eigenvalue weighted by Crippen LogP contribution is -2.44. The van der Waals surface area contributed by atoms with E-state index < -0.39 is 11.8 Å². The van der Waals surface area contributed by atoms with Crippen LogP contribution in [0.2, 0.25) is 0 Å². The number of aryl methyl sites for hydroxylation is 1. The summed E-state index contributed by atoms with van der Waals surface area (Å²) in [6.45, 7) is 3.80. The molecular weight excluding hydrogens is 454 g/mol. The molecule has 2 aliphatic rings. The van der Waals surface area contributed by atoms with Crippen molar-refractivity contribution in [3.8, 4) is 0 Å². The molecule has 0 aromatic carbocycles. The van der Waals surface area contributed by atoms with E-state index >= 15 is 0 Å². The average Bonchev–Trinajstić information content (AvgIpc) is 3.53. The maximum atomic E-state index is 12.5. The van der Waals surface area contributed by atoms with Crippen LogP contribution in [0.1, 0.15) is 82.5 Å². The third-order valence-electron chi connectivity index (χ3n) is 6.22. The highest BCUT2D eigenvalue weighted by Crippen LogP contribution is 2.30. The van der Waals surface area contributed by atoms with E-state index in [-0.39, 0.29) is 23.3 Å². The molecule has 11 heteroatoms. The number of hydrogen-bond donors (Lipinski definition) is 4. The Kier molecular flexibility index (Phi) is 7.94.